The first-order valence-electron chi connectivity index (χ1n) is 26.9. The first-order chi connectivity index (χ1) is 34.8. The molecule has 16 heteroatoms. The molecule has 0 radical (unpaired) electrons. The number of hydrogen-bond donors (Lipinski definition) is 0. The van der Waals surface area contributed by atoms with E-state index in [9.17, 15) is 45.6 Å². The number of imide groups is 2. The van der Waals surface area contributed by atoms with E-state index < -0.39 is 67.3 Å². The minimum Gasteiger partial charge on any atom is -0.294 e. The van der Waals surface area contributed by atoms with Crippen LogP contribution in [0.1, 0.15) is 175 Å². The van der Waals surface area contributed by atoms with Crippen LogP contribution in [0.3, 0.4) is 0 Å². The van der Waals surface area contributed by atoms with Crippen molar-refractivity contribution in [1.82, 2.24) is 8.61 Å². The summed E-state index contributed by atoms with van der Waals surface area (Å²) in [5, 5.41) is 0. The fraction of sp³-hybridized carbons (Fsp3) is 0.607. The van der Waals surface area contributed by atoms with Crippen molar-refractivity contribution >= 4 is 76.8 Å². The fourth-order valence-electron chi connectivity index (χ4n) is 12.2. The lowest BCUT2D eigenvalue weighted by Gasteiger charge is -2.17. The number of sulfonamides is 2. The van der Waals surface area contributed by atoms with E-state index in [2.05, 4.69) is 0 Å². The third kappa shape index (κ3) is 12.3. The molecule has 4 amide bonds. The lowest BCUT2D eigenvalue weighted by molar-refractivity contribution is -0.136. The number of benzene rings is 2. The number of carbonyl (C=O) groups is 6. The molecule has 0 aromatic heterocycles. The van der Waals surface area contributed by atoms with E-state index in [-0.39, 0.29) is 45.0 Å². The van der Waals surface area contributed by atoms with Gasteiger partial charge in [0.1, 0.15) is 0 Å². The van der Waals surface area contributed by atoms with Crippen molar-refractivity contribution in [2.24, 2.45) is 47.3 Å². The first-order valence-corrected chi connectivity index (χ1v) is 32.3. The van der Waals surface area contributed by atoms with Crippen LogP contribution in [0.2, 0.25) is 0 Å². The Kier molecular flexibility index (Phi) is 19.0. The minimum absolute atomic E-state index is 0.0329. The van der Waals surface area contributed by atoms with Gasteiger partial charge in [-0.15, -0.1) is 0 Å². The molecule has 2 saturated heterocycles. The quantitative estimate of drug-likeness (QED) is 0.0218. The highest BCUT2D eigenvalue weighted by Crippen LogP contribution is 2.54. The Bertz CT molecular complexity index is 2340. The minimum atomic E-state index is -4.33. The van der Waals surface area contributed by atoms with Crippen LogP contribution in [0.5, 0.6) is 0 Å². The van der Waals surface area contributed by atoms with Crippen LogP contribution in [0.15, 0.2) is 82.6 Å². The number of amides is 4. The van der Waals surface area contributed by atoms with Crippen LogP contribution in [0.25, 0.3) is 0 Å². The van der Waals surface area contributed by atoms with Gasteiger partial charge in [0, 0.05) is 35.5 Å². The smallest absolute Gasteiger partial charge is 0.273 e. The predicted octanol–water partition coefficient (Wildman–Crippen LogP) is 11.7. The predicted molar refractivity (Wildman–Crippen MR) is 282 cm³/mol. The zero-order chi connectivity index (χ0) is 50.8. The summed E-state index contributed by atoms with van der Waals surface area (Å²) >= 11 is 0. The van der Waals surface area contributed by atoms with Crippen molar-refractivity contribution in [3.63, 3.8) is 0 Å². The van der Waals surface area contributed by atoms with Crippen molar-refractivity contribution in [3.05, 3.63) is 84.0 Å². The third-order valence-electron chi connectivity index (χ3n) is 16.1. The van der Waals surface area contributed by atoms with Gasteiger partial charge in [-0.05, 0) is 86.5 Å². The number of rotatable bonds is 33. The maximum atomic E-state index is 13.3. The molecule has 8 rings (SSSR count). The van der Waals surface area contributed by atoms with E-state index in [1.165, 1.54) is 150 Å². The van der Waals surface area contributed by atoms with Crippen molar-refractivity contribution in [3.8, 4) is 0 Å². The number of allylic oxidation sites excluding steroid dienone is 4. The molecule has 2 aromatic rings. The van der Waals surface area contributed by atoms with Crippen molar-refractivity contribution < 1.29 is 45.6 Å². The molecule has 2 aliphatic heterocycles. The van der Waals surface area contributed by atoms with Gasteiger partial charge >= 0.3 is 0 Å². The molecule has 12 nitrogen and oxygen atoms in total. The number of fused-ring (bicyclic) bond motifs is 10. The van der Waals surface area contributed by atoms with Crippen molar-refractivity contribution in [2.45, 2.75) is 164 Å². The molecule has 390 valence electrons. The number of nitrogens with zero attached hydrogens (tertiary/aromatic N) is 2. The first kappa shape index (κ1) is 54.4. The van der Waals surface area contributed by atoms with E-state index in [1.54, 1.807) is 0 Å². The largest absolute Gasteiger partial charge is 0.294 e. The Morgan fingerprint density at radius 1 is 0.389 bits per heavy atom. The van der Waals surface area contributed by atoms with Gasteiger partial charge in [0.2, 0.25) is 23.6 Å². The zero-order valence-electron chi connectivity index (χ0n) is 41.5. The molecule has 8 unspecified atom stereocenters. The fourth-order valence-corrected chi connectivity index (χ4v) is 17.3. The van der Waals surface area contributed by atoms with Gasteiger partial charge in [-0.25, -0.2) is 16.8 Å². The molecule has 4 aliphatic carbocycles. The van der Waals surface area contributed by atoms with Crippen LogP contribution < -0.4 is 0 Å². The molecular weight excluding hydrogens is 989 g/mol. The Labute approximate surface area is 435 Å². The van der Waals surface area contributed by atoms with Gasteiger partial charge < -0.3 is 0 Å². The second-order valence-electron chi connectivity index (χ2n) is 21.0. The van der Waals surface area contributed by atoms with Crippen molar-refractivity contribution in [2.75, 3.05) is 11.5 Å². The average Bonchev–Trinajstić information content (AvgIpc) is 4.25. The Balaban J connectivity index is 0.547. The molecule has 2 aromatic carbocycles. The third-order valence-corrected chi connectivity index (χ3v) is 22.1. The zero-order valence-corrected chi connectivity index (χ0v) is 44.8. The van der Waals surface area contributed by atoms with Gasteiger partial charge in [0.05, 0.1) is 33.5 Å². The number of ketones is 2. The summed E-state index contributed by atoms with van der Waals surface area (Å²) < 4.78 is 54.3. The van der Waals surface area contributed by atoms with E-state index in [0.717, 1.165) is 51.4 Å². The normalized spacial score (nSPS) is 24.9. The van der Waals surface area contributed by atoms with Crippen molar-refractivity contribution in [1.29, 1.82) is 0 Å². The summed E-state index contributed by atoms with van der Waals surface area (Å²) in [7, 11) is -4.63. The standard InChI is InChI=1S/C56H72N2O10S4/c59-47(39-27-31-45(32-28-39)71(65,66)57-53(61)49-41-23-24-42(37-41)50(49)54(57)62)21-17-13-9-5-1-3-7-11-15-19-35-69-70-36-20-16-12-8-4-2-6-10-14-18-22-48(60)40-29-33-46(34-30-40)72(67,68)58-55(63)51-43-25-26-44(38-43)52(51)56(58)64/h23-34,41-44,49-52H,1-22,35-38H2. The molecule has 6 aliphatic rings. The van der Waals surface area contributed by atoms with E-state index >= 15 is 0 Å². The summed E-state index contributed by atoms with van der Waals surface area (Å²) in [6, 6.07) is 11.3. The molecule has 2 heterocycles. The SMILES string of the molecule is O=C(CCCCCCCCCCCCSSCCCCCCCCCCCCC(=O)c1ccc(S(=O)(=O)N2C(=O)C3C4C=CC(C4)C3C2=O)cc1)c1ccc(S(=O)(=O)N2C(=O)C3C4C=CC(C4)C3C2=O)cc1. The summed E-state index contributed by atoms with van der Waals surface area (Å²) in [6.07, 6.45) is 33.3. The molecular formula is C56H72N2O10S4. The monoisotopic (exact) mass is 1060 g/mol. The van der Waals surface area contributed by atoms with Gasteiger partial charge in [-0.3, -0.25) is 28.8 Å². The van der Waals surface area contributed by atoms with Gasteiger partial charge in [0.25, 0.3) is 20.0 Å². The highest BCUT2D eigenvalue weighted by Gasteiger charge is 2.63. The van der Waals surface area contributed by atoms with Gasteiger partial charge in [0.15, 0.2) is 11.6 Å². The summed E-state index contributed by atoms with van der Waals surface area (Å²) in [5.41, 5.74) is 0.878. The Morgan fingerprint density at radius 3 is 0.917 bits per heavy atom. The highest BCUT2D eigenvalue weighted by molar-refractivity contribution is 8.76. The topological polar surface area (TPSA) is 177 Å². The van der Waals surface area contributed by atoms with Gasteiger partial charge in [-0.1, -0.05) is 173 Å². The molecule has 2 saturated carbocycles. The van der Waals surface area contributed by atoms with Crippen LogP contribution >= 0.6 is 21.6 Å². The Hall–Kier alpha value is -3.86. The maximum Gasteiger partial charge on any atom is 0.273 e. The maximum absolute atomic E-state index is 13.3. The lowest BCUT2D eigenvalue weighted by Crippen LogP contribution is -2.38. The number of unbranched alkanes of at least 4 members (excludes halogenated alkanes) is 18. The molecule has 4 bridgehead atoms. The molecule has 0 N–H and O–H groups in total. The van der Waals surface area contributed by atoms with Crippen LogP contribution in [-0.4, -0.2) is 72.1 Å². The second-order valence-corrected chi connectivity index (χ2v) is 27.3. The number of hydrogen-bond acceptors (Lipinski definition) is 12. The molecule has 0 spiro atoms. The Morgan fingerprint density at radius 2 is 0.639 bits per heavy atom. The van der Waals surface area contributed by atoms with E-state index in [0.29, 0.717) is 32.6 Å². The molecule has 72 heavy (non-hydrogen) atoms. The average molecular weight is 1060 g/mol. The van der Waals surface area contributed by atoms with Gasteiger partial charge in [-0.2, -0.15) is 8.61 Å². The van der Waals surface area contributed by atoms with Crippen LogP contribution in [0, 0.1) is 47.3 Å². The second kappa shape index (κ2) is 25.1. The van der Waals surface area contributed by atoms with E-state index in [1.807, 2.05) is 45.9 Å². The van der Waals surface area contributed by atoms with E-state index in [4.69, 9.17) is 0 Å². The molecule has 8 atom stereocenters. The number of Topliss-reactive ketones (excluding diaryl/α,β-unsaturated/α-hetero) is 2. The van der Waals surface area contributed by atoms with Crippen LogP contribution in [0.4, 0.5) is 0 Å². The molecule has 4 fully saturated rings. The summed E-state index contributed by atoms with van der Waals surface area (Å²) in [6.45, 7) is 0. The number of carbonyl (C=O) groups excluding carboxylic acids is 6. The lowest BCUT2D eigenvalue weighted by atomic mass is 9.85. The summed E-state index contributed by atoms with van der Waals surface area (Å²) in [4.78, 5) is 77.5. The summed E-state index contributed by atoms with van der Waals surface area (Å²) in [5.74, 6) is -2.76. The highest BCUT2D eigenvalue weighted by atomic mass is 33.1. The van der Waals surface area contributed by atoms with Crippen LogP contribution in [-0.2, 0) is 39.2 Å².